The van der Waals surface area contributed by atoms with Crippen LogP contribution < -0.4 is 14.5 Å². The Morgan fingerprint density at radius 2 is 1.07 bits per heavy atom. The minimum Gasteiger partial charge on any atom is -0.457 e. The summed E-state index contributed by atoms with van der Waals surface area (Å²) in [7, 11) is 0. The molecule has 5 heteroatoms. The van der Waals surface area contributed by atoms with Gasteiger partial charge in [0.25, 0.3) is 0 Å². The third-order valence-corrected chi connectivity index (χ3v) is 11.5. The van der Waals surface area contributed by atoms with E-state index in [1.807, 2.05) is 6.20 Å². The fourth-order valence-electron chi connectivity index (χ4n) is 8.62. The Kier molecular flexibility index (Phi) is 9.81. The van der Waals surface area contributed by atoms with Crippen molar-refractivity contribution in [3.8, 4) is 28.4 Å². The molecule has 59 heavy (non-hydrogen) atoms. The maximum atomic E-state index is 7.00. The first-order chi connectivity index (χ1) is 27.8. The summed E-state index contributed by atoms with van der Waals surface area (Å²) in [4.78, 5) is 9.96. The highest BCUT2D eigenvalue weighted by atomic mass is 16.5. The number of rotatable bonds is 6. The molecule has 1 aliphatic rings. The van der Waals surface area contributed by atoms with E-state index in [-0.39, 0.29) is 21.7 Å². The van der Waals surface area contributed by atoms with Crippen molar-refractivity contribution in [3.05, 3.63) is 156 Å². The van der Waals surface area contributed by atoms with Gasteiger partial charge in [0, 0.05) is 62.7 Å². The Morgan fingerprint density at radius 1 is 0.458 bits per heavy atom. The van der Waals surface area contributed by atoms with Gasteiger partial charge in [-0.15, -0.1) is 0 Å². The number of fused-ring (bicyclic) bond motifs is 3. The van der Waals surface area contributed by atoms with E-state index in [9.17, 15) is 0 Å². The third-order valence-electron chi connectivity index (χ3n) is 11.5. The van der Waals surface area contributed by atoms with Crippen molar-refractivity contribution in [2.45, 2.75) is 93.9 Å². The highest BCUT2D eigenvalue weighted by Gasteiger charge is 2.42. The van der Waals surface area contributed by atoms with E-state index < -0.39 is 0 Å². The number of benzene rings is 5. The van der Waals surface area contributed by atoms with Crippen molar-refractivity contribution < 1.29 is 4.74 Å². The predicted molar refractivity (Wildman–Crippen MR) is 250 cm³/mol. The molecule has 8 rings (SSSR count). The van der Waals surface area contributed by atoms with E-state index in [2.05, 4.69) is 225 Å². The Morgan fingerprint density at radius 3 is 1.71 bits per heavy atom. The van der Waals surface area contributed by atoms with E-state index in [4.69, 9.17) is 9.72 Å². The molecule has 0 atom stereocenters. The first-order valence-electron chi connectivity index (χ1n) is 21.1. The molecule has 5 aromatic carbocycles. The summed E-state index contributed by atoms with van der Waals surface area (Å²) < 4.78 is 9.27. The van der Waals surface area contributed by atoms with Crippen LogP contribution in [0, 0.1) is 10.8 Å². The number of allylic oxidation sites excluding steroid dienone is 2. The molecule has 0 N–H and O–H groups in total. The second-order valence-corrected chi connectivity index (χ2v) is 20.4. The summed E-state index contributed by atoms with van der Waals surface area (Å²) in [6, 6.07) is 46.0. The molecule has 3 heterocycles. The van der Waals surface area contributed by atoms with Crippen LogP contribution in [0.25, 0.3) is 38.8 Å². The fraction of sp³-hybridized carbons (Fsp3) is 0.315. The van der Waals surface area contributed by atoms with Crippen molar-refractivity contribution in [3.63, 3.8) is 0 Å². The van der Waals surface area contributed by atoms with E-state index in [1.165, 1.54) is 33.6 Å². The number of hydrogen-bond donors (Lipinski definition) is 0. The average Bonchev–Trinajstić information content (AvgIpc) is 3.76. The van der Waals surface area contributed by atoms with Gasteiger partial charge in [0.2, 0.25) is 0 Å². The van der Waals surface area contributed by atoms with Gasteiger partial charge >= 0.3 is 0 Å². The monoisotopic (exact) mass is 780 g/mol. The standard InChI is InChI=1S/C54H60N4O/c1-51(2,3)38-22-24-40(25-23-38)56-35-57(50(54(10,11)12)49(56)53(7,8)9)41-30-37(36-18-14-13-15-19-36)31-43(33-41)59-42-26-27-45-44-20-16-17-21-46(44)58(47(45)34-42)48-32-39(28-29-55-48)52(4,5)6/h13-34H,35H2,1-12H3. The molecule has 0 spiro atoms. The third kappa shape index (κ3) is 7.76. The molecule has 2 aromatic heterocycles. The van der Waals surface area contributed by atoms with Crippen LogP contribution in [0.1, 0.15) is 94.2 Å². The molecule has 0 saturated carbocycles. The van der Waals surface area contributed by atoms with E-state index in [1.54, 1.807) is 0 Å². The Balaban J connectivity index is 1.27. The maximum absolute atomic E-state index is 7.00. The highest BCUT2D eigenvalue weighted by molar-refractivity contribution is 6.09. The van der Waals surface area contributed by atoms with Crippen molar-refractivity contribution in [2.24, 2.45) is 10.8 Å². The van der Waals surface area contributed by atoms with Gasteiger partial charge in [-0.3, -0.25) is 4.57 Å². The molecule has 0 radical (unpaired) electrons. The van der Waals surface area contributed by atoms with Crippen LogP contribution in [-0.2, 0) is 10.8 Å². The van der Waals surface area contributed by atoms with Gasteiger partial charge in [0.1, 0.15) is 17.3 Å². The van der Waals surface area contributed by atoms with Crippen molar-refractivity contribution >= 4 is 33.2 Å². The number of ether oxygens (including phenoxy) is 1. The second-order valence-electron chi connectivity index (χ2n) is 20.4. The molecular formula is C54H60N4O. The first kappa shape index (κ1) is 40.0. The number of anilines is 2. The number of aromatic nitrogens is 2. The largest absolute Gasteiger partial charge is 0.457 e. The van der Waals surface area contributed by atoms with Gasteiger partial charge in [-0.2, -0.15) is 0 Å². The molecule has 0 unspecified atom stereocenters. The molecule has 0 fully saturated rings. The summed E-state index contributed by atoms with van der Waals surface area (Å²) in [6.45, 7) is 28.3. The fourth-order valence-corrected chi connectivity index (χ4v) is 8.62. The lowest BCUT2D eigenvalue weighted by molar-refractivity contribution is 0.444. The summed E-state index contributed by atoms with van der Waals surface area (Å²) in [5, 5.41) is 2.35. The van der Waals surface area contributed by atoms with Crippen LogP contribution in [0.5, 0.6) is 11.5 Å². The van der Waals surface area contributed by atoms with Crippen LogP contribution in [0.2, 0.25) is 0 Å². The summed E-state index contributed by atoms with van der Waals surface area (Å²) in [6.07, 6.45) is 1.93. The van der Waals surface area contributed by atoms with Gasteiger partial charge in [0.15, 0.2) is 0 Å². The van der Waals surface area contributed by atoms with Crippen LogP contribution in [0.4, 0.5) is 11.4 Å². The lowest BCUT2D eigenvalue weighted by Gasteiger charge is -2.34. The number of hydrogen-bond acceptors (Lipinski definition) is 4. The minimum atomic E-state index is -0.150. The quantitative estimate of drug-likeness (QED) is 0.168. The lowest BCUT2D eigenvalue weighted by atomic mass is 9.81. The van der Waals surface area contributed by atoms with Crippen molar-refractivity contribution in [1.82, 2.24) is 9.55 Å². The summed E-state index contributed by atoms with van der Waals surface area (Å²) >= 11 is 0. The average molecular weight is 781 g/mol. The minimum absolute atomic E-state index is 0.00879. The predicted octanol–water partition coefficient (Wildman–Crippen LogP) is 14.8. The number of nitrogens with zero attached hydrogens (tertiary/aromatic N) is 4. The molecule has 1 aliphatic heterocycles. The van der Waals surface area contributed by atoms with E-state index >= 15 is 0 Å². The topological polar surface area (TPSA) is 33.5 Å². The van der Waals surface area contributed by atoms with Crippen molar-refractivity contribution in [1.29, 1.82) is 0 Å². The highest BCUT2D eigenvalue weighted by Crippen LogP contribution is 2.49. The molecule has 0 amide bonds. The lowest BCUT2D eigenvalue weighted by Crippen LogP contribution is -2.31. The molecular weight excluding hydrogens is 721 g/mol. The summed E-state index contributed by atoms with van der Waals surface area (Å²) in [5.74, 6) is 2.46. The molecule has 0 bridgehead atoms. The zero-order chi connectivity index (χ0) is 42.1. The van der Waals surface area contributed by atoms with Crippen molar-refractivity contribution in [2.75, 3.05) is 16.5 Å². The van der Waals surface area contributed by atoms with E-state index in [0.29, 0.717) is 6.67 Å². The van der Waals surface area contributed by atoms with Crippen LogP contribution in [0.3, 0.4) is 0 Å². The van der Waals surface area contributed by atoms with Gasteiger partial charge in [-0.1, -0.05) is 144 Å². The number of pyridine rings is 1. The number of para-hydroxylation sites is 1. The maximum Gasteiger partial charge on any atom is 0.137 e. The Hall–Kier alpha value is -5.81. The van der Waals surface area contributed by atoms with Crippen LogP contribution in [-0.4, -0.2) is 16.2 Å². The zero-order valence-electron chi connectivity index (χ0n) is 37.1. The van der Waals surface area contributed by atoms with E-state index in [0.717, 1.165) is 50.6 Å². The van der Waals surface area contributed by atoms with Gasteiger partial charge in [-0.25, -0.2) is 4.98 Å². The summed E-state index contributed by atoms with van der Waals surface area (Å²) in [5.41, 5.74) is 11.8. The smallest absolute Gasteiger partial charge is 0.137 e. The normalized spacial score (nSPS) is 14.2. The zero-order valence-corrected chi connectivity index (χ0v) is 37.1. The Bertz CT molecular complexity index is 2690. The molecule has 302 valence electrons. The van der Waals surface area contributed by atoms with Gasteiger partial charge in [-0.05, 0) is 87.7 Å². The van der Waals surface area contributed by atoms with Gasteiger partial charge < -0.3 is 14.5 Å². The van der Waals surface area contributed by atoms with Crippen LogP contribution in [0.15, 0.2) is 145 Å². The molecule has 0 aliphatic carbocycles. The SMILES string of the molecule is CC(C)(C)C1=C(C(C)(C)C)N(c2cc(Oc3ccc4c5ccccc5n(-c5cc(C(C)(C)C)ccn5)c4c3)cc(-c3ccccc3)c2)CN1c1ccc(C(C)(C)C)cc1. The first-order valence-corrected chi connectivity index (χ1v) is 21.1. The molecule has 5 nitrogen and oxygen atoms in total. The second kappa shape index (κ2) is 14.5. The molecule has 7 aromatic rings. The Labute approximate surface area is 352 Å². The molecule has 0 saturated heterocycles. The van der Waals surface area contributed by atoms with Gasteiger partial charge in [0.05, 0.1) is 17.7 Å². The van der Waals surface area contributed by atoms with Crippen LogP contribution >= 0.6 is 0 Å².